The van der Waals surface area contributed by atoms with Crippen molar-refractivity contribution >= 4 is 47.3 Å². The summed E-state index contributed by atoms with van der Waals surface area (Å²) in [4.78, 5) is 25.0. The number of ether oxygens (including phenoxy) is 1. The molecule has 31 heavy (non-hydrogen) atoms. The molecule has 4 rings (SSSR count). The minimum absolute atomic E-state index is 0.213. The van der Waals surface area contributed by atoms with Crippen molar-refractivity contribution in [2.75, 3.05) is 12.4 Å². The van der Waals surface area contributed by atoms with Crippen molar-refractivity contribution in [3.8, 4) is 5.69 Å². The van der Waals surface area contributed by atoms with Gasteiger partial charge in [0, 0.05) is 11.4 Å². The Morgan fingerprint density at radius 1 is 1.32 bits per heavy atom. The lowest BCUT2D eigenvalue weighted by Gasteiger charge is -2.27. The molecule has 0 radical (unpaired) electrons. The monoisotopic (exact) mass is 474 g/mol. The fourth-order valence-electron chi connectivity index (χ4n) is 3.04. The Bertz CT molecular complexity index is 1170. The number of hydrogen-bond donors (Lipinski definition) is 2. The van der Waals surface area contributed by atoms with Gasteiger partial charge < -0.3 is 19.8 Å². The SMILES string of the molecule is CCOC(=O)C1=C(CSc2nn(-c3ccccc3)c(=S)s2)NC(=O)NC1c1ccco1. The van der Waals surface area contributed by atoms with Gasteiger partial charge in [0.2, 0.25) is 0 Å². The lowest BCUT2D eigenvalue weighted by atomic mass is 10.0. The number of hydrogen-bond acceptors (Lipinski definition) is 8. The van der Waals surface area contributed by atoms with E-state index in [1.807, 2.05) is 30.3 Å². The normalized spacial score (nSPS) is 16.0. The number of furan rings is 1. The smallest absolute Gasteiger partial charge is 0.338 e. The Morgan fingerprint density at radius 3 is 2.84 bits per heavy atom. The van der Waals surface area contributed by atoms with Gasteiger partial charge in [-0.3, -0.25) is 0 Å². The van der Waals surface area contributed by atoms with E-state index < -0.39 is 18.0 Å². The van der Waals surface area contributed by atoms with Crippen LogP contribution in [0.3, 0.4) is 0 Å². The standard InChI is InChI=1S/C20H18N4O4S3/c1-2-27-17(25)15-13(21-18(26)22-16(15)14-9-6-10-28-14)11-30-19-23-24(20(29)31-19)12-7-4-3-5-8-12/h3-10,16H,2,11H2,1H3,(H2,21,22,26). The van der Waals surface area contributed by atoms with Gasteiger partial charge in [-0.1, -0.05) is 41.3 Å². The maximum Gasteiger partial charge on any atom is 0.338 e. The predicted molar refractivity (Wildman–Crippen MR) is 120 cm³/mol. The van der Waals surface area contributed by atoms with Gasteiger partial charge in [0.1, 0.15) is 11.8 Å². The molecule has 11 heteroatoms. The summed E-state index contributed by atoms with van der Waals surface area (Å²) in [6.07, 6.45) is 1.49. The number of esters is 1. The second-order valence-corrected chi connectivity index (χ2v) is 9.17. The summed E-state index contributed by atoms with van der Waals surface area (Å²) < 4.78 is 13.7. The molecule has 1 unspecified atom stereocenters. The van der Waals surface area contributed by atoms with Gasteiger partial charge in [0.15, 0.2) is 8.29 Å². The minimum Gasteiger partial charge on any atom is -0.467 e. The molecule has 0 spiro atoms. The molecule has 0 bridgehead atoms. The van der Waals surface area contributed by atoms with Gasteiger partial charge in [0.25, 0.3) is 0 Å². The van der Waals surface area contributed by atoms with Gasteiger partial charge in [-0.05, 0) is 43.4 Å². The molecule has 0 saturated heterocycles. The number of nitrogens with zero attached hydrogens (tertiary/aromatic N) is 2. The van der Waals surface area contributed by atoms with Crippen LogP contribution in [-0.4, -0.2) is 34.1 Å². The molecule has 3 heterocycles. The second kappa shape index (κ2) is 9.50. The van der Waals surface area contributed by atoms with Crippen LogP contribution in [0, 0.1) is 3.95 Å². The van der Waals surface area contributed by atoms with Crippen molar-refractivity contribution in [2.45, 2.75) is 17.3 Å². The van der Waals surface area contributed by atoms with Gasteiger partial charge >= 0.3 is 12.0 Å². The summed E-state index contributed by atoms with van der Waals surface area (Å²) >= 11 is 8.18. The van der Waals surface area contributed by atoms with Crippen molar-refractivity contribution < 1.29 is 18.7 Å². The van der Waals surface area contributed by atoms with Crippen LogP contribution in [0.25, 0.3) is 5.69 Å². The molecular weight excluding hydrogens is 456 g/mol. The van der Waals surface area contributed by atoms with E-state index >= 15 is 0 Å². The molecule has 2 aromatic heterocycles. The first kappa shape index (κ1) is 21.3. The first-order valence-corrected chi connectivity index (χ1v) is 11.6. The lowest BCUT2D eigenvalue weighted by molar-refractivity contribution is -0.139. The maximum atomic E-state index is 12.7. The summed E-state index contributed by atoms with van der Waals surface area (Å²) in [5, 5.41) is 10.0. The van der Waals surface area contributed by atoms with Crippen LogP contribution in [0.5, 0.6) is 0 Å². The third-order valence-electron chi connectivity index (χ3n) is 4.35. The maximum absolute atomic E-state index is 12.7. The minimum atomic E-state index is -0.738. The molecule has 1 aliphatic rings. The molecule has 1 aromatic carbocycles. The summed E-state index contributed by atoms with van der Waals surface area (Å²) in [7, 11) is 0. The zero-order valence-electron chi connectivity index (χ0n) is 16.4. The summed E-state index contributed by atoms with van der Waals surface area (Å²) in [5.41, 5.74) is 1.62. The molecule has 1 atom stereocenters. The van der Waals surface area contributed by atoms with Crippen LogP contribution < -0.4 is 10.6 Å². The predicted octanol–water partition coefficient (Wildman–Crippen LogP) is 4.22. The number of carbonyl (C=O) groups is 2. The quantitative estimate of drug-likeness (QED) is 0.301. The van der Waals surface area contributed by atoms with E-state index in [0.717, 1.165) is 5.69 Å². The Hall–Kier alpha value is -2.89. The Morgan fingerprint density at radius 2 is 2.13 bits per heavy atom. The average molecular weight is 475 g/mol. The van der Waals surface area contributed by atoms with E-state index in [2.05, 4.69) is 15.7 Å². The number of para-hydroxylation sites is 1. The number of rotatable bonds is 7. The fourth-order valence-corrected chi connectivity index (χ4v) is 5.37. The molecular formula is C20H18N4O4S3. The molecule has 0 saturated carbocycles. The zero-order valence-corrected chi connectivity index (χ0v) is 18.8. The highest BCUT2D eigenvalue weighted by atomic mass is 32.2. The second-order valence-electron chi connectivity index (χ2n) is 6.33. The first-order valence-electron chi connectivity index (χ1n) is 9.36. The summed E-state index contributed by atoms with van der Waals surface area (Å²) in [6.45, 7) is 1.94. The fraction of sp³-hybridized carbons (Fsp3) is 0.200. The average Bonchev–Trinajstić information content (AvgIpc) is 3.42. The highest BCUT2D eigenvalue weighted by Crippen LogP contribution is 2.32. The first-order chi connectivity index (χ1) is 15.1. The highest BCUT2D eigenvalue weighted by molar-refractivity contribution is 8.01. The van der Waals surface area contributed by atoms with Crippen LogP contribution in [-0.2, 0) is 9.53 Å². The van der Waals surface area contributed by atoms with Crippen molar-refractivity contribution in [1.82, 2.24) is 20.4 Å². The van der Waals surface area contributed by atoms with Crippen LogP contribution in [0.2, 0.25) is 0 Å². The molecule has 160 valence electrons. The number of benzene rings is 1. The Kier molecular flexibility index (Phi) is 6.54. The van der Waals surface area contributed by atoms with Crippen LogP contribution >= 0.6 is 35.3 Å². The third kappa shape index (κ3) is 4.73. The van der Waals surface area contributed by atoms with Crippen LogP contribution in [0.1, 0.15) is 18.7 Å². The van der Waals surface area contributed by atoms with E-state index in [0.29, 0.717) is 31.1 Å². The molecule has 8 nitrogen and oxygen atoms in total. The number of urea groups is 1. The van der Waals surface area contributed by atoms with Crippen molar-refractivity contribution in [1.29, 1.82) is 0 Å². The van der Waals surface area contributed by atoms with E-state index in [9.17, 15) is 9.59 Å². The summed E-state index contributed by atoms with van der Waals surface area (Å²) in [5.74, 6) is 0.231. The van der Waals surface area contributed by atoms with E-state index in [1.54, 1.807) is 23.7 Å². The number of amides is 2. The van der Waals surface area contributed by atoms with E-state index in [1.165, 1.54) is 29.4 Å². The number of nitrogens with one attached hydrogen (secondary N) is 2. The topological polar surface area (TPSA) is 98.4 Å². The molecule has 0 fully saturated rings. The molecule has 2 N–H and O–H groups in total. The summed E-state index contributed by atoms with van der Waals surface area (Å²) in [6, 6.07) is 11.8. The van der Waals surface area contributed by atoms with Gasteiger partial charge in [-0.25, -0.2) is 14.3 Å². The molecule has 3 aromatic rings. The zero-order chi connectivity index (χ0) is 21.8. The Balaban J connectivity index is 1.63. The number of thioether (sulfide) groups is 1. The largest absolute Gasteiger partial charge is 0.467 e. The van der Waals surface area contributed by atoms with E-state index in [-0.39, 0.29) is 6.61 Å². The molecule has 2 amide bonds. The van der Waals surface area contributed by atoms with Crippen molar-refractivity contribution in [2.24, 2.45) is 0 Å². The van der Waals surface area contributed by atoms with Gasteiger partial charge in [-0.2, -0.15) is 0 Å². The van der Waals surface area contributed by atoms with Gasteiger partial charge in [-0.15, -0.1) is 5.10 Å². The van der Waals surface area contributed by atoms with Crippen molar-refractivity contribution in [3.63, 3.8) is 0 Å². The lowest BCUT2D eigenvalue weighted by Crippen LogP contribution is -2.46. The number of carbonyl (C=O) groups excluding carboxylic acids is 2. The Labute approximate surface area is 191 Å². The number of aromatic nitrogens is 2. The third-order valence-corrected chi connectivity index (χ3v) is 6.74. The van der Waals surface area contributed by atoms with E-state index in [4.69, 9.17) is 21.4 Å². The molecule has 1 aliphatic heterocycles. The van der Waals surface area contributed by atoms with Gasteiger partial charge in [0.05, 0.1) is 24.1 Å². The highest BCUT2D eigenvalue weighted by Gasteiger charge is 2.35. The van der Waals surface area contributed by atoms with Crippen LogP contribution in [0.4, 0.5) is 4.79 Å². The molecule has 0 aliphatic carbocycles. The van der Waals surface area contributed by atoms with Crippen molar-refractivity contribution in [3.05, 3.63) is 69.7 Å². The van der Waals surface area contributed by atoms with Crippen LogP contribution in [0.15, 0.2) is 68.8 Å².